The first kappa shape index (κ1) is 15.5. The Labute approximate surface area is 131 Å². The molecule has 0 saturated heterocycles. The zero-order valence-electron chi connectivity index (χ0n) is 13.0. The molecule has 0 N–H and O–H groups in total. The fraction of sp³-hybridized carbons (Fsp3) is 0.778. The third-order valence-electron chi connectivity index (χ3n) is 5.65. The van der Waals surface area contributed by atoms with Crippen LogP contribution in [0.1, 0.15) is 61.1 Å². The van der Waals surface area contributed by atoms with Gasteiger partial charge in [0.05, 0.1) is 5.92 Å². The fourth-order valence-corrected chi connectivity index (χ4v) is 5.40. The fourth-order valence-electron chi connectivity index (χ4n) is 4.33. The highest BCUT2D eigenvalue weighted by Gasteiger charge is 2.42. The predicted molar refractivity (Wildman–Crippen MR) is 85.4 cm³/mol. The average molecular weight is 312 g/mol. The molecule has 2 saturated carbocycles. The Morgan fingerprint density at radius 1 is 0.952 bits per heavy atom. The van der Waals surface area contributed by atoms with Crippen LogP contribution >= 0.6 is 11.3 Å². The Bertz CT molecular complexity index is 450. The molecule has 0 aliphatic heterocycles. The minimum atomic E-state index is -1.00. The lowest BCUT2D eigenvalue weighted by atomic mass is 9.68. The molecule has 1 aromatic rings. The van der Waals surface area contributed by atoms with Crippen molar-refractivity contribution in [2.75, 3.05) is 0 Å². The molecule has 0 nitrogen and oxygen atoms in total. The van der Waals surface area contributed by atoms with Crippen molar-refractivity contribution in [3.05, 3.63) is 21.9 Å². The smallest absolute Gasteiger partial charge is 0.111 e. The molecule has 1 aromatic heterocycles. The van der Waals surface area contributed by atoms with Gasteiger partial charge in [0, 0.05) is 9.75 Å². The Balaban J connectivity index is 1.66. The molecule has 0 bridgehead atoms. The number of thiophene rings is 1. The van der Waals surface area contributed by atoms with E-state index < -0.39 is 18.3 Å². The highest BCUT2D eigenvalue weighted by atomic mass is 32.1. The van der Waals surface area contributed by atoms with Crippen molar-refractivity contribution in [2.24, 2.45) is 17.8 Å². The van der Waals surface area contributed by atoms with Crippen LogP contribution in [0.4, 0.5) is 8.78 Å². The topological polar surface area (TPSA) is 0 Å². The molecule has 2 fully saturated rings. The molecule has 0 aromatic carbocycles. The summed E-state index contributed by atoms with van der Waals surface area (Å²) in [6.07, 6.45) is 3.96. The normalized spacial score (nSPS) is 41.1. The summed E-state index contributed by atoms with van der Waals surface area (Å²) in [6, 6.07) is 3.90. The van der Waals surface area contributed by atoms with Gasteiger partial charge in [0.25, 0.3) is 0 Å². The van der Waals surface area contributed by atoms with Crippen molar-refractivity contribution in [1.82, 2.24) is 0 Å². The second-order valence-electron chi connectivity index (χ2n) is 7.26. The number of aryl methyl sites for hydroxylation is 1. The molecule has 118 valence electrons. The van der Waals surface area contributed by atoms with Gasteiger partial charge in [0.15, 0.2) is 0 Å². The summed E-state index contributed by atoms with van der Waals surface area (Å²) in [5.41, 5.74) is 0. The van der Waals surface area contributed by atoms with Crippen LogP contribution in [0.5, 0.6) is 0 Å². The maximum atomic E-state index is 14.6. The molecule has 2 aliphatic rings. The summed E-state index contributed by atoms with van der Waals surface area (Å²) in [5.74, 6) is 1.11. The summed E-state index contributed by atoms with van der Waals surface area (Å²) < 4.78 is 29.3. The Kier molecular flexibility index (Phi) is 4.68. The van der Waals surface area contributed by atoms with E-state index in [9.17, 15) is 8.78 Å². The molecule has 3 rings (SSSR count). The van der Waals surface area contributed by atoms with Gasteiger partial charge in [-0.2, -0.15) is 0 Å². The quantitative estimate of drug-likeness (QED) is 0.623. The molecule has 2 aliphatic carbocycles. The van der Waals surface area contributed by atoms with Gasteiger partial charge in [-0.3, -0.25) is 0 Å². The van der Waals surface area contributed by atoms with Crippen molar-refractivity contribution >= 4 is 11.3 Å². The maximum Gasteiger partial charge on any atom is 0.111 e. The van der Waals surface area contributed by atoms with E-state index in [1.807, 2.05) is 19.1 Å². The van der Waals surface area contributed by atoms with Gasteiger partial charge in [0.1, 0.15) is 12.3 Å². The minimum Gasteiger partial charge on any atom is -0.247 e. The Morgan fingerprint density at radius 2 is 1.57 bits per heavy atom. The molecule has 0 spiro atoms. The monoisotopic (exact) mass is 312 g/mol. The lowest BCUT2D eigenvalue weighted by molar-refractivity contribution is 0.0493. The Morgan fingerprint density at radius 3 is 2.10 bits per heavy atom. The Hall–Kier alpha value is -0.440. The van der Waals surface area contributed by atoms with E-state index >= 15 is 0 Å². The van der Waals surface area contributed by atoms with Crippen molar-refractivity contribution in [3.63, 3.8) is 0 Å². The zero-order valence-corrected chi connectivity index (χ0v) is 13.8. The minimum absolute atomic E-state index is 0.264. The van der Waals surface area contributed by atoms with Gasteiger partial charge >= 0.3 is 0 Å². The maximum absolute atomic E-state index is 14.6. The summed E-state index contributed by atoms with van der Waals surface area (Å²) in [6.45, 7) is 4.30. The third-order valence-corrected chi connectivity index (χ3v) is 6.75. The lowest BCUT2D eigenvalue weighted by Gasteiger charge is -2.40. The van der Waals surface area contributed by atoms with Gasteiger partial charge in [-0.1, -0.05) is 19.8 Å². The van der Waals surface area contributed by atoms with E-state index in [1.165, 1.54) is 25.7 Å². The van der Waals surface area contributed by atoms with Gasteiger partial charge in [-0.05, 0) is 62.5 Å². The third kappa shape index (κ3) is 3.33. The van der Waals surface area contributed by atoms with E-state index in [-0.39, 0.29) is 5.92 Å². The standard InChI is InChI=1S/C18H26F2S/c1-11-3-6-13(7-4-11)14-9-15(19)18(16(20)10-14)17-8-5-12(2)21-17/h5,8,11,13-16,18H,3-4,6-7,9-10H2,1-2H3. The number of hydrogen-bond donors (Lipinski definition) is 0. The summed E-state index contributed by atoms with van der Waals surface area (Å²) in [4.78, 5) is 2.05. The van der Waals surface area contributed by atoms with Crippen LogP contribution in [0, 0.1) is 24.7 Å². The number of rotatable bonds is 2. The summed E-state index contributed by atoms with van der Waals surface area (Å²) in [7, 11) is 0. The number of hydrogen-bond acceptors (Lipinski definition) is 1. The molecule has 21 heavy (non-hydrogen) atoms. The van der Waals surface area contributed by atoms with Crippen LogP contribution in [-0.2, 0) is 0 Å². The highest BCUT2D eigenvalue weighted by Crippen LogP contribution is 2.47. The average Bonchev–Trinajstić information content (AvgIpc) is 2.85. The molecular weight excluding hydrogens is 286 g/mol. The summed E-state index contributed by atoms with van der Waals surface area (Å²) >= 11 is 1.56. The molecule has 3 heteroatoms. The molecule has 1 heterocycles. The van der Waals surface area contributed by atoms with Crippen LogP contribution in [0.15, 0.2) is 12.1 Å². The van der Waals surface area contributed by atoms with Crippen molar-refractivity contribution in [2.45, 2.75) is 70.6 Å². The van der Waals surface area contributed by atoms with E-state index in [0.29, 0.717) is 18.8 Å². The van der Waals surface area contributed by atoms with Gasteiger partial charge in [0.2, 0.25) is 0 Å². The number of alkyl halides is 2. The zero-order chi connectivity index (χ0) is 15.0. The second-order valence-corrected chi connectivity index (χ2v) is 8.58. The lowest BCUT2D eigenvalue weighted by Crippen LogP contribution is -2.37. The van der Waals surface area contributed by atoms with Gasteiger partial charge in [-0.15, -0.1) is 11.3 Å². The first-order chi connectivity index (χ1) is 10.0. The first-order valence-electron chi connectivity index (χ1n) is 8.39. The first-order valence-corrected chi connectivity index (χ1v) is 9.20. The van der Waals surface area contributed by atoms with E-state index in [4.69, 9.17) is 0 Å². The molecular formula is C18H26F2S. The highest BCUT2D eigenvalue weighted by molar-refractivity contribution is 7.12. The second kappa shape index (κ2) is 6.36. The van der Waals surface area contributed by atoms with Crippen molar-refractivity contribution in [1.29, 1.82) is 0 Å². The summed E-state index contributed by atoms with van der Waals surface area (Å²) in [5, 5.41) is 0. The molecule has 2 atom stereocenters. The molecule has 0 amide bonds. The largest absolute Gasteiger partial charge is 0.247 e. The van der Waals surface area contributed by atoms with Gasteiger partial charge in [-0.25, -0.2) is 8.78 Å². The van der Waals surface area contributed by atoms with Crippen molar-refractivity contribution < 1.29 is 8.78 Å². The van der Waals surface area contributed by atoms with E-state index in [1.54, 1.807) is 11.3 Å². The molecule has 2 unspecified atom stereocenters. The number of halogens is 2. The van der Waals surface area contributed by atoms with Crippen LogP contribution in [0.25, 0.3) is 0 Å². The van der Waals surface area contributed by atoms with Crippen LogP contribution in [0.3, 0.4) is 0 Å². The van der Waals surface area contributed by atoms with E-state index in [0.717, 1.165) is 15.7 Å². The van der Waals surface area contributed by atoms with Crippen LogP contribution in [0.2, 0.25) is 0 Å². The van der Waals surface area contributed by atoms with Crippen LogP contribution < -0.4 is 0 Å². The molecule has 0 radical (unpaired) electrons. The van der Waals surface area contributed by atoms with Crippen LogP contribution in [-0.4, -0.2) is 12.3 Å². The van der Waals surface area contributed by atoms with Crippen molar-refractivity contribution in [3.8, 4) is 0 Å². The predicted octanol–water partition coefficient (Wildman–Crippen LogP) is 6.05. The van der Waals surface area contributed by atoms with E-state index in [2.05, 4.69) is 6.92 Å². The SMILES string of the molecule is Cc1ccc(C2C(F)CC(C3CCC(C)CC3)CC2F)s1. The van der Waals surface area contributed by atoms with Gasteiger partial charge < -0.3 is 0 Å².